The first kappa shape index (κ1) is 18.3. The topological polar surface area (TPSA) is 26.8 Å². The van der Waals surface area contributed by atoms with E-state index in [0.717, 1.165) is 68.5 Å². The van der Waals surface area contributed by atoms with Crippen LogP contribution in [0.15, 0.2) is 42.5 Å². The van der Waals surface area contributed by atoms with Crippen LogP contribution in [-0.2, 0) is 17.6 Å². The molecular formula is C22H26ClN3O. The highest BCUT2D eigenvalue weighted by Crippen LogP contribution is 2.29. The van der Waals surface area contributed by atoms with Crippen molar-refractivity contribution in [1.29, 1.82) is 0 Å². The van der Waals surface area contributed by atoms with Crippen molar-refractivity contribution in [1.82, 2.24) is 4.90 Å². The van der Waals surface area contributed by atoms with E-state index in [1.807, 2.05) is 17.0 Å². The van der Waals surface area contributed by atoms with E-state index in [0.29, 0.717) is 0 Å². The SMILES string of the molecule is CC(=O)N1CCc2cc(CCN3CCN(c4ccccc4Cl)CC3)ccc21. The molecule has 142 valence electrons. The third-order valence-electron chi connectivity index (χ3n) is 5.70. The third kappa shape index (κ3) is 3.97. The maximum Gasteiger partial charge on any atom is 0.223 e. The summed E-state index contributed by atoms with van der Waals surface area (Å²) in [7, 11) is 0. The lowest BCUT2D eigenvalue weighted by Gasteiger charge is -2.36. The fourth-order valence-corrected chi connectivity index (χ4v) is 4.40. The summed E-state index contributed by atoms with van der Waals surface area (Å²) in [6.07, 6.45) is 2.03. The van der Waals surface area contributed by atoms with Gasteiger partial charge >= 0.3 is 0 Å². The number of halogens is 1. The molecule has 0 atom stereocenters. The molecule has 0 bridgehead atoms. The summed E-state index contributed by atoms with van der Waals surface area (Å²) >= 11 is 6.33. The number of nitrogens with zero attached hydrogens (tertiary/aromatic N) is 3. The van der Waals surface area contributed by atoms with Crippen LogP contribution >= 0.6 is 11.6 Å². The van der Waals surface area contributed by atoms with Crippen LogP contribution in [0.5, 0.6) is 0 Å². The number of piperazine rings is 1. The molecule has 0 radical (unpaired) electrons. The van der Waals surface area contributed by atoms with Gasteiger partial charge in [-0.15, -0.1) is 0 Å². The number of amides is 1. The fourth-order valence-electron chi connectivity index (χ4n) is 4.15. The Bertz CT molecular complexity index is 830. The second kappa shape index (κ2) is 7.91. The van der Waals surface area contributed by atoms with E-state index in [1.165, 1.54) is 11.1 Å². The third-order valence-corrected chi connectivity index (χ3v) is 6.02. The van der Waals surface area contributed by atoms with Gasteiger partial charge in [-0.1, -0.05) is 35.9 Å². The second-order valence-electron chi connectivity index (χ2n) is 7.41. The van der Waals surface area contributed by atoms with Crippen LogP contribution in [0.1, 0.15) is 18.1 Å². The highest BCUT2D eigenvalue weighted by atomic mass is 35.5. The molecule has 0 unspecified atom stereocenters. The molecule has 0 spiro atoms. The van der Waals surface area contributed by atoms with Crippen molar-refractivity contribution in [2.75, 3.05) is 49.1 Å². The number of carbonyl (C=O) groups excluding carboxylic acids is 1. The molecule has 5 heteroatoms. The highest BCUT2D eigenvalue weighted by molar-refractivity contribution is 6.33. The number of rotatable bonds is 4. The van der Waals surface area contributed by atoms with Crippen molar-refractivity contribution < 1.29 is 4.79 Å². The zero-order valence-corrected chi connectivity index (χ0v) is 16.6. The predicted molar refractivity (Wildman–Crippen MR) is 112 cm³/mol. The molecule has 0 aliphatic carbocycles. The van der Waals surface area contributed by atoms with Crippen molar-refractivity contribution in [3.05, 3.63) is 58.6 Å². The summed E-state index contributed by atoms with van der Waals surface area (Å²) in [5.74, 6) is 0.137. The maximum atomic E-state index is 11.7. The Balaban J connectivity index is 1.31. The number of benzene rings is 2. The smallest absolute Gasteiger partial charge is 0.223 e. The Labute approximate surface area is 166 Å². The number of para-hydroxylation sites is 1. The van der Waals surface area contributed by atoms with Gasteiger partial charge in [0.05, 0.1) is 10.7 Å². The first-order chi connectivity index (χ1) is 13.1. The average molecular weight is 384 g/mol. The molecule has 2 aromatic carbocycles. The van der Waals surface area contributed by atoms with E-state index in [9.17, 15) is 4.79 Å². The molecule has 0 saturated carbocycles. The van der Waals surface area contributed by atoms with Gasteiger partial charge in [0, 0.05) is 51.9 Å². The summed E-state index contributed by atoms with van der Waals surface area (Å²) in [5.41, 5.74) is 4.92. The van der Waals surface area contributed by atoms with E-state index in [2.05, 4.69) is 40.1 Å². The van der Waals surface area contributed by atoms with Gasteiger partial charge in [0.15, 0.2) is 0 Å². The number of fused-ring (bicyclic) bond motifs is 1. The van der Waals surface area contributed by atoms with Crippen LogP contribution in [0.25, 0.3) is 0 Å². The summed E-state index contributed by atoms with van der Waals surface area (Å²) < 4.78 is 0. The lowest BCUT2D eigenvalue weighted by molar-refractivity contribution is -0.116. The van der Waals surface area contributed by atoms with Gasteiger partial charge in [-0.25, -0.2) is 0 Å². The minimum absolute atomic E-state index is 0.137. The number of anilines is 2. The summed E-state index contributed by atoms with van der Waals surface area (Å²) in [6.45, 7) is 7.69. The van der Waals surface area contributed by atoms with Gasteiger partial charge in [0.1, 0.15) is 0 Å². The second-order valence-corrected chi connectivity index (χ2v) is 7.82. The number of hydrogen-bond donors (Lipinski definition) is 0. The Kier molecular flexibility index (Phi) is 5.37. The summed E-state index contributed by atoms with van der Waals surface area (Å²) in [6, 6.07) is 14.7. The minimum atomic E-state index is 0.137. The Morgan fingerprint density at radius 1 is 1.00 bits per heavy atom. The van der Waals surface area contributed by atoms with Gasteiger partial charge in [-0.05, 0) is 42.2 Å². The first-order valence-corrected chi connectivity index (χ1v) is 10.1. The van der Waals surface area contributed by atoms with Gasteiger partial charge < -0.3 is 9.80 Å². The molecule has 2 aliphatic heterocycles. The molecule has 2 heterocycles. The minimum Gasteiger partial charge on any atom is -0.368 e. The van der Waals surface area contributed by atoms with Gasteiger partial charge in [-0.3, -0.25) is 9.69 Å². The number of carbonyl (C=O) groups is 1. The molecule has 4 nitrogen and oxygen atoms in total. The lowest BCUT2D eigenvalue weighted by atomic mass is 10.1. The molecule has 0 aromatic heterocycles. The zero-order chi connectivity index (χ0) is 18.8. The van der Waals surface area contributed by atoms with Gasteiger partial charge in [0.25, 0.3) is 0 Å². The maximum absolute atomic E-state index is 11.7. The monoisotopic (exact) mass is 383 g/mol. The Morgan fingerprint density at radius 2 is 1.78 bits per heavy atom. The molecule has 27 heavy (non-hydrogen) atoms. The van der Waals surface area contributed by atoms with E-state index in [-0.39, 0.29) is 5.91 Å². The lowest BCUT2D eigenvalue weighted by Crippen LogP contribution is -2.47. The largest absolute Gasteiger partial charge is 0.368 e. The number of hydrogen-bond acceptors (Lipinski definition) is 3. The fraction of sp³-hybridized carbons (Fsp3) is 0.409. The van der Waals surface area contributed by atoms with Gasteiger partial charge in [0.2, 0.25) is 5.91 Å². The van der Waals surface area contributed by atoms with E-state index < -0.39 is 0 Å². The van der Waals surface area contributed by atoms with Gasteiger partial charge in [-0.2, -0.15) is 0 Å². The van der Waals surface area contributed by atoms with E-state index in [1.54, 1.807) is 6.92 Å². The highest BCUT2D eigenvalue weighted by Gasteiger charge is 2.22. The van der Waals surface area contributed by atoms with Crippen molar-refractivity contribution in [3.8, 4) is 0 Å². The van der Waals surface area contributed by atoms with Crippen molar-refractivity contribution >= 4 is 28.9 Å². The van der Waals surface area contributed by atoms with E-state index in [4.69, 9.17) is 11.6 Å². The molecule has 4 rings (SSSR count). The molecule has 0 N–H and O–H groups in total. The van der Waals surface area contributed by atoms with Crippen LogP contribution in [0.2, 0.25) is 5.02 Å². The standard InChI is InChI=1S/C22H26ClN3O/c1-17(27)26-11-9-19-16-18(6-7-21(19)26)8-10-24-12-14-25(15-13-24)22-5-3-2-4-20(22)23/h2-7,16H,8-15H2,1H3. The van der Waals surface area contributed by atoms with Crippen LogP contribution in [0.4, 0.5) is 11.4 Å². The summed E-state index contributed by atoms with van der Waals surface area (Å²) in [5, 5.41) is 0.837. The van der Waals surface area contributed by atoms with Crippen molar-refractivity contribution in [3.63, 3.8) is 0 Å². The molecular weight excluding hydrogens is 358 g/mol. The van der Waals surface area contributed by atoms with Crippen LogP contribution < -0.4 is 9.80 Å². The van der Waals surface area contributed by atoms with Crippen LogP contribution in [0, 0.1) is 0 Å². The quantitative estimate of drug-likeness (QED) is 0.806. The van der Waals surface area contributed by atoms with Crippen LogP contribution in [0.3, 0.4) is 0 Å². The van der Waals surface area contributed by atoms with Crippen molar-refractivity contribution in [2.45, 2.75) is 19.8 Å². The normalized spacial score (nSPS) is 17.3. The van der Waals surface area contributed by atoms with Crippen molar-refractivity contribution in [2.24, 2.45) is 0 Å². The first-order valence-electron chi connectivity index (χ1n) is 9.73. The molecule has 1 saturated heterocycles. The van der Waals surface area contributed by atoms with E-state index >= 15 is 0 Å². The Morgan fingerprint density at radius 3 is 2.52 bits per heavy atom. The molecule has 2 aromatic rings. The Hall–Kier alpha value is -2.04. The summed E-state index contributed by atoms with van der Waals surface area (Å²) in [4.78, 5) is 18.5. The predicted octanol–water partition coefficient (Wildman–Crippen LogP) is 3.61. The molecule has 1 amide bonds. The zero-order valence-electron chi connectivity index (χ0n) is 15.8. The molecule has 1 fully saturated rings. The molecule has 2 aliphatic rings. The van der Waals surface area contributed by atoms with Crippen LogP contribution in [-0.4, -0.2) is 50.1 Å². The average Bonchev–Trinajstić information content (AvgIpc) is 3.11.